The normalized spacial score (nSPS) is 10.7. The number of carboxylic acid groups (broad SMARTS) is 1. The molecule has 3 heterocycles. The number of nitrogens with zero attached hydrogens (tertiary/aromatic N) is 4. The van der Waals surface area contributed by atoms with Crippen molar-refractivity contribution in [3.05, 3.63) is 48.7 Å². The lowest BCUT2D eigenvalue weighted by molar-refractivity contribution is 0.0689. The molecule has 0 radical (unpaired) electrons. The molecule has 0 amide bonds. The molecule has 3 aromatic heterocycles. The topological polar surface area (TPSA) is 80.4 Å². The van der Waals surface area contributed by atoms with Gasteiger partial charge in [0.25, 0.3) is 0 Å². The van der Waals surface area contributed by atoms with E-state index in [-0.39, 0.29) is 5.69 Å². The number of imidazole rings is 1. The van der Waals surface area contributed by atoms with E-state index in [0.717, 1.165) is 0 Å². The van der Waals surface area contributed by atoms with Gasteiger partial charge in [0.05, 0.1) is 6.20 Å². The first-order chi connectivity index (χ1) is 8.75. The molecule has 18 heavy (non-hydrogen) atoms. The van der Waals surface area contributed by atoms with Crippen molar-refractivity contribution in [3.8, 4) is 11.4 Å². The molecule has 6 heteroatoms. The Bertz CT molecular complexity index is 721. The molecule has 0 unspecified atom stereocenters. The lowest BCUT2D eigenvalue weighted by atomic mass is 10.3. The van der Waals surface area contributed by atoms with Crippen LogP contribution in [0.5, 0.6) is 0 Å². The van der Waals surface area contributed by atoms with Crippen molar-refractivity contribution in [1.29, 1.82) is 0 Å². The van der Waals surface area contributed by atoms with E-state index >= 15 is 0 Å². The first kappa shape index (κ1) is 10.4. The Balaban J connectivity index is 2.23. The molecule has 0 spiro atoms. The fourth-order valence-electron chi connectivity index (χ4n) is 1.74. The number of pyridine rings is 1. The van der Waals surface area contributed by atoms with Crippen molar-refractivity contribution < 1.29 is 9.90 Å². The molecule has 0 saturated heterocycles. The van der Waals surface area contributed by atoms with E-state index < -0.39 is 5.97 Å². The van der Waals surface area contributed by atoms with E-state index in [1.165, 1.54) is 10.5 Å². The largest absolute Gasteiger partial charge is 0.477 e. The quantitative estimate of drug-likeness (QED) is 0.734. The van der Waals surface area contributed by atoms with Crippen molar-refractivity contribution in [2.24, 2.45) is 0 Å². The second-order valence-electron chi connectivity index (χ2n) is 3.66. The molecule has 6 nitrogen and oxygen atoms in total. The Labute approximate surface area is 102 Å². The zero-order valence-electron chi connectivity index (χ0n) is 9.19. The van der Waals surface area contributed by atoms with E-state index in [4.69, 9.17) is 5.11 Å². The van der Waals surface area contributed by atoms with Gasteiger partial charge in [0, 0.05) is 18.6 Å². The van der Waals surface area contributed by atoms with Crippen LogP contribution < -0.4 is 0 Å². The monoisotopic (exact) mass is 240 g/mol. The Morgan fingerprint density at radius 1 is 1.22 bits per heavy atom. The standard InChI is InChI=1S/C12H8N4O2/c17-12(18)10-2-1-3-11-15-9(7-16(10)11)8-6-13-4-5-14-8/h1-7H,(H,17,18). The molecule has 0 aliphatic rings. The highest BCUT2D eigenvalue weighted by molar-refractivity contribution is 5.86. The summed E-state index contributed by atoms with van der Waals surface area (Å²) in [5, 5.41) is 9.09. The predicted molar refractivity (Wildman–Crippen MR) is 63.2 cm³/mol. The molecule has 0 saturated carbocycles. The van der Waals surface area contributed by atoms with E-state index in [1.807, 2.05) is 0 Å². The molecular formula is C12H8N4O2. The van der Waals surface area contributed by atoms with Gasteiger partial charge in [-0.05, 0) is 12.1 Å². The van der Waals surface area contributed by atoms with Crippen molar-refractivity contribution >= 4 is 11.6 Å². The minimum absolute atomic E-state index is 0.162. The van der Waals surface area contributed by atoms with Gasteiger partial charge in [0.15, 0.2) is 0 Å². The molecule has 3 rings (SSSR count). The second kappa shape index (κ2) is 3.92. The summed E-state index contributed by atoms with van der Waals surface area (Å²) in [6.07, 6.45) is 6.37. The third-order valence-corrected chi connectivity index (χ3v) is 2.54. The van der Waals surface area contributed by atoms with Gasteiger partial charge in [-0.2, -0.15) is 0 Å². The minimum atomic E-state index is -0.997. The summed E-state index contributed by atoms with van der Waals surface area (Å²) in [7, 11) is 0. The lowest BCUT2D eigenvalue weighted by Crippen LogP contribution is -2.03. The fourth-order valence-corrected chi connectivity index (χ4v) is 1.74. The fraction of sp³-hybridized carbons (Fsp3) is 0. The Morgan fingerprint density at radius 3 is 2.83 bits per heavy atom. The second-order valence-corrected chi connectivity index (χ2v) is 3.66. The van der Waals surface area contributed by atoms with Gasteiger partial charge < -0.3 is 5.11 Å². The first-order valence-electron chi connectivity index (χ1n) is 5.23. The average molecular weight is 240 g/mol. The molecule has 0 fully saturated rings. The molecule has 1 N–H and O–H groups in total. The SMILES string of the molecule is O=C(O)c1cccc2nc(-c3cnccn3)cn12. The van der Waals surface area contributed by atoms with Crippen LogP contribution >= 0.6 is 0 Å². The number of aromatic carboxylic acids is 1. The molecule has 0 aliphatic heterocycles. The summed E-state index contributed by atoms with van der Waals surface area (Å²) in [4.78, 5) is 23.5. The molecule has 0 bridgehead atoms. The summed E-state index contributed by atoms with van der Waals surface area (Å²) in [5.74, 6) is -0.997. The number of aromatic nitrogens is 4. The zero-order valence-corrected chi connectivity index (χ0v) is 9.19. The highest BCUT2D eigenvalue weighted by atomic mass is 16.4. The maximum atomic E-state index is 11.1. The van der Waals surface area contributed by atoms with Crippen LogP contribution in [0.3, 0.4) is 0 Å². The smallest absolute Gasteiger partial charge is 0.352 e. The third kappa shape index (κ3) is 1.60. The number of hydrogen-bond donors (Lipinski definition) is 1. The minimum Gasteiger partial charge on any atom is -0.477 e. The Kier molecular flexibility index (Phi) is 2.26. The van der Waals surface area contributed by atoms with Gasteiger partial charge in [-0.25, -0.2) is 9.78 Å². The molecule has 0 aromatic carbocycles. The van der Waals surface area contributed by atoms with Gasteiger partial charge in [-0.1, -0.05) is 6.07 Å². The van der Waals surface area contributed by atoms with Crippen molar-refractivity contribution in [3.63, 3.8) is 0 Å². The Hall–Kier alpha value is -2.76. The van der Waals surface area contributed by atoms with Gasteiger partial charge >= 0.3 is 5.97 Å². The molecule has 0 atom stereocenters. The van der Waals surface area contributed by atoms with Crippen LogP contribution in [0, 0.1) is 0 Å². The van der Waals surface area contributed by atoms with Crippen molar-refractivity contribution in [2.75, 3.05) is 0 Å². The highest BCUT2D eigenvalue weighted by Gasteiger charge is 2.11. The zero-order chi connectivity index (χ0) is 12.5. The highest BCUT2D eigenvalue weighted by Crippen LogP contribution is 2.17. The third-order valence-electron chi connectivity index (χ3n) is 2.54. The molecule has 3 aromatic rings. The number of carboxylic acids is 1. The summed E-state index contributed by atoms with van der Waals surface area (Å²) < 4.78 is 1.52. The molecule has 88 valence electrons. The van der Waals surface area contributed by atoms with E-state index in [9.17, 15) is 4.79 Å². The van der Waals surface area contributed by atoms with Gasteiger partial charge in [0.1, 0.15) is 22.7 Å². The van der Waals surface area contributed by atoms with Crippen molar-refractivity contribution in [2.45, 2.75) is 0 Å². The summed E-state index contributed by atoms with van der Waals surface area (Å²) in [6.45, 7) is 0. The summed E-state index contributed by atoms with van der Waals surface area (Å²) in [5.41, 5.74) is 1.93. The van der Waals surface area contributed by atoms with Crippen LogP contribution in [0.25, 0.3) is 17.0 Å². The van der Waals surface area contributed by atoms with Crippen molar-refractivity contribution in [1.82, 2.24) is 19.4 Å². The lowest BCUT2D eigenvalue weighted by Gasteiger charge is -1.97. The number of hydrogen-bond acceptors (Lipinski definition) is 4. The van der Waals surface area contributed by atoms with E-state index in [2.05, 4.69) is 15.0 Å². The predicted octanol–water partition coefficient (Wildman–Crippen LogP) is 1.49. The van der Waals surface area contributed by atoms with Gasteiger partial charge in [-0.3, -0.25) is 14.4 Å². The van der Waals surface area contributed by atoms with Crippen LogP contribution in [0.15, 0.2) is 43.0 Å². The van der Waals surface area contributed by atoms with E-state index in [0.29, 0.717) is 17.0 Å². The van der Waals surface area contributed by atoms with Gasteiger partial charge in [0.2, 0.25) is 0 Å². The maximum Gasteiger partial charge on any atom is 0.352 e. The number of rotatable bonds is 2. The van der Waals surface area contributed by atoms with Crippen LogP contribution in [0.2, 0.25) is 0 Å². The molecular weight excluding hydrogens is 232 g/mol. The first-order valence-corrected chi connectivity index (χ1v) is 5.23. The summed E-state index contributed by atoms with van der Waals surface area (Å²) in [6, 6.07) is 4.93. The van der Waals surface area contributed by atoms with Crippen LogP contribution in [-0.4, -0.2) is 30.4 Å². The Morgan fingerprint density at radius 2 is 2.11 bits per heavy atom. The molecule has 0 aliphatic carbocycles. The summed E-state index contributed by atoms with van der Waals surface area (Å²) >= 11 is 0. The van der Waals surface area contributed by atoms with Crippen LogP contribution in [-0.2, 0) is 0 Å². The number of carbonyl (C=O) groups is 1. The van der Waals surface area contributed by atoms with Crippen LogP contribution in [0.1, 0.15) is 10.5 Å². The van der Waals surface area contributed by atoms with Crippen LogP contribution in [0.4, 0.5) is 0 Å². The van der Waals surface area contributed by atoms with E-state index in [1.54, 1.807) is 36.9 Å². The number of fused-ring (bicyclic) bond motifs is 1. The average Bonchev–Trinajstić information content (AvgIpc) is 2.83. The van der Waals surface area contributed by atoms with Gasteiger partial charge in [-0.15, -0.1) is 0 Å². The maximum absolute atomic E-state index is 11.1.